The highest BCUT2D eigenvalue weighted by Gasteiger charge is 2.34. The minimum atomic E-state index is -0.241. The van der Waals surface area contributed by atoms with Gasteiger partial charge in [0.1, 0.15) is 0 Å². The van der Waals surface area contributed by atoms with Crippen LogP contribution in [0.3, 0.4) is 0 Å². The number of aryl methyl sites for hydroxylation is 1. The molecule has 2 rings (SSSR count). The number of urea groups is 1. The van der Waals surface area contributed by atoms with E-state index in [-0.39, 0.29) is 24.1 Å². The van der Waals surface area contributed by atoms with Crippen LogP contribution in [0.2, 0.25) is 0 Å². The maximum absolute atomic E-state index is 12.5. The first-order chi connectivity index (χ1) is 12.0. The van der Waals surface area contributed by atoms with Crippen molar-refractivity contribution in [3.8, 4) is 0 Å². The van der Waals surface area contributed by atoms with E-state index in [9.17, 15) is 9.90 Å². The molecule has 1 aliphatic heterocycles. The number of hydrogen-bond donors (Lipinski definition) is 2. The molecule has 1 saturated heterocycles. The fourth-order valence-corrected chi connectivity index (χ4v) is 3.39. The molecule has 5 heteroatoms. The van der Waals surface area contributed by atoms with Gasteiger partial charge in [0.2, 0.25) is 0 Å². The molecule has 25 heavy (non-hydrogen) atoms. The summed E-state index contributed by atoms with van der Waals surface area (Å²) in [4.78, 5) is 14.2. The number of amides is 2. The summed E-state index contributed by atoms with van der Waals surface area (Å²) in [5.41, 5.74) is 2.19. The molecule has 0 aromatic heterocycles. The third-order valence-electron chi connectivity index (χ3n) is 5.17. The molecule has 1 unspecified atom stereocenters. The van der Waals surface area contributed by atoms with Crippen LogP contribution in [0.5, 0.6) is 0 Å². The van der Waals surface area contributed by atoms with Gasteiger partial charge in [-0.05, 0) is 37.3 Å². The second-order valence-corrected chi connectivity index (χ2v) is 7.29. The monoisotopic (exact) mass is 348 g/mol. The molecule has 1 aromatic rings. The van der Waals surface area contributed by atoms with Crippen molar-refractivity contribution in [1.29, 1.82) is 0 Å². The lowest BCUT2D eigenvalue weighted by Gasteiger charge is -2.38. The second-order valence-electron chi connectivity index (χ2n) is 7.29. The van der Waals surface area contributed by atoms with Crippen LogP contribution in [0.25, 0.3) is 0 Å². The van der Waals surface area contributed by atoms with E-state index in [4.69, 9.17) is 4.74 Å². The number of ether oxygens (including phenoxy) is 1. The van der Waals surface area contributed by atoms with Gasteiger partial charge in [-0.15, -0.1) is 0 Å². The Labute approximate surface area is 151 Å². The highest BCUT2D eigenvalue weighted by atomic mass is 16.5. The van der Waals surface area contributed by atoms with Gasteiger partial charge in [0.15, 0.2) is 0 Å². The van der Waals surface area contributed by atoms with Gasteiger partial charge in [-0.3, -0.25) is 0 Å². The van der Waals surface area contributed by atoms with Gasteiger partial charge in [-0.1, -0.05) is 37.6 Å². The van der Waals surface area contributed by atoms with Gasteiger partial charge in [0, 0.05) is 32.2 Å². The summed E-state index contributed by atoms with van der Waals surface area (Å²) in [6, 6.07) is 8.28. The van der Waals surface area contributed by atoms with E-state index in [1.807, 2.05) is 6.92 Å². The molecule has 1 atom stereocenters. The Balaban J connectivity index is 1.90. The quantitative estimate of drug-likeness (QED) is 0.796. The molecule has 1 fully saturated rings. The highest BCUT2D eigenvalue weighted by Crippen LogP contribution is 2.30. The number of rotatable bonds is 7. The third-order valence-corrected chi connectivity index (χ3v) is 5.17. The Bertz CT molecular complexity index is 538. The molecule has 5 nitrogen and oxygen atoms in total. The van der Waals surface area contributed by atoms with Crippen molar-refractivity contribution in [3.63, 3.8) is 0 Å². The van der Waals surface area contributed by atoms with Gasteiger partial charge in [0.25, 0.3) is 0 Å². The van der Waals surface area contributed by atoms with Crippen LogP contribution in [0.15, 0.2) is 24.3 Å². The SMILES string of the molecule is CCCc1ccc(C(C)NC(=O)N(C)CC2(CO)CCOCC2)cc1. The third kappa shape index (κ3) is 5.44. The average Bonchev–Trinajstić information content (AvgIpc) is 2.63. The molecular formula is C20H32N2O3. The van der Waals surface area contributed by atoms with Gasteiger partial charge in [-0.25, -0.2) is 4.79 Å². The summed E-state index contributed by atoms with van der Waals surface area (Å²) in [6.07, 6.45) is 3.79. The summed E-state index contributed by atoms with van der Waals surface area (Å²) < 4.78 is 5.39. The predicted octanol–water partition coefficient (Wildman–Crippen LogP) is 3.13. The van der Waals surface area contributed by atoms with E-state index in [0.717, 1.165) is 31.2 Å². The van der Waals surface area contributed by atoms with E-state index in [1.165, 1.54) is 5.56 Å². The van der Waals surface area contributed by atoms with Crippen LogP contribution < -0.4 is 5.32 Å². The number of aliphatic hydroxyl groups is 1. The number of benzene rings is 1. The van der Waals surface area contributed by atoms with Crippen LogP contribution in [-0.2, 0) is 11.2 Å². The smallest absolute Gasteiger partial charge is 0.317 e. The van der Waals surface area contributed by atoms with Gasteiger partial charge in [0.05, 0.1) is 12.6 Å². The number of nitrogens with one attached hydrogen (secondary N) is 1. The number of nitrogens with zero attached hydrogens (tertiary/aromatic N) is 1. The summed E-state index contributed by atoms with van der Waals surface area (Å²) in [7, 11) is 1.79. The second kappa shape index (κ2) is 9.20. The fraction of sp³-hybridized carbons (Fsp3) is 0.650. The largest absolute Gasteiger partial charge is 0.396 e. The van der Waals surface area contributed by atoms with E-state index < -0.39 is 0 Å². The first-order valence-electron chi connectivity index (χ1n) is 9.29. The Morgan fingerprint density at radius 1 is 1.32 bits per heavy atom. The number of carbonyl (C=O) groups excluding carboxylic acids is 1. The topological polar surface area (TPSA) is 61.8 Å². The molecule has 1 heterocycles. The molecule has 0 radical (unpaired) electrons. The first kappa shape index (κ1) is 19.7. The van der Waals surface area contributed by atoms with Crippen molar-refractivity contribution in [1.82, 2.24) is 10.2 Å². The van der Waals surface area contributed by atoms with Crippen LogP contribution in [0.4, 0.5) is 4.79 Å². The molecule has 2 amide bonds. The molecule has 1 aliphatic rings. The van der Waals surface area contributed by atoms with Crippen LogP contribution in [-0.4, -0.2) is 49.5 Å². The van der Waals surface area contributed by atoms with Gasteiger partial charge in [-0.2, -0.15) is 0 Å². The number of hydrogen-bond acceptors (Lipinski definition) is 3. The normalized spacial score (nSPS) is 17.8. The van der Waals surface area contributed by atoms with Crippen molar-refractivity contribution < 1.29 is 14.6 Å². The Morgan fingerprint density at radius 3 is 2.52 bits per heavy atom. The molecule has 0 bridgehead atoms. The van der Waals surface area contributed by atoms with Crippen molar-refractivity contribution in [2.75, 3.05) is 33.4 Å². The zero-order chi connectivity index (χ0) is 18.3. The highest BCUT2D eigenvalue weighted by molar-refractivity contribution is 5.74. The maximum Gasteiger partial charge on any atom is 0.317 e. The van der Waals surface area contributed by atoms with E-state index in [1.54, 1.807) is 11.9 Å². The molecule has 0 spiro atoms. The van der Waals surface area contributed by atoms with Crippen molar-refractivity contribution in [3.05, 3.63) is 35.4 Å². The molecule has 0 aliphatic carbocycles. The summed E-state index contributed by atoms with van der Waals surface area (Å²) >= 11 is 0. The van der Waals surface area contributed by atoms with Crippen molar-refractivity contribution in [2.24, 2.45) is 5.41 Å². The zero-order valence-corrected chi connectivity index (χ0v) is 15.8. The van der Waals surface area contributed by atoms with Crippen LogP contribution in [0.1, 0.15) is 50.3 Å². The fourth-order valence-electron chi connectivity index (χ4n) is 3.39. The zero-order valence-electron chi connectivity index (χ0n) is 15.8. The van der Waals surface area contributed by atoms with Crippen molar-refractivity contribution >= 4 is 6.03 Å². The molecule has 140 valence electrons. The standard InChI is InChI=1S/C20H32N2O3/c1-4-5-17-6-8-18(9-7-17)16(2)21-19(24)22(3)14-20(15-23)10-12-25-13-11-20/h6-9,16,23H,4-5,10-15H2,1-3H3,(H,21,24). The molecule has 0 saturated carbocycles. The van der Waals surface area contributed by atoms with Gasteiger partial charge >= 0.3 is 6.03 Å². The lowest BCUT2D eigenvalue weighted by molar-refractivity contribution is -0.0261. The Morgan fingerprint density at radius 2 is 1.96 bits per heavy atom. The van der Waals surface area contributed by atoms with Crippen LogP contribution in [0, 0.1) is 5.41 Å². The average molecular weight is 348 g/mol. The lowest BCUT2D eigenvalue weighted by atomic mass is 9.80. The summed E-state index contributed by atoms with van der Waals surface area (Å²) in [5.74, 6) is 0. The van der Waals surface area contributed by atoms with Crippen LogP contribution >= 0.6 is 0 Å². The first-order valence-corrected chi connectivity index (χ1v) is 9.29. The predicted molar refractivity (Wildman–Crippen MR) is 99.6 cm³/mol. The minimum absolute atomic E-state index is 0.0506. The molecule has 1 aromatic carbocycles. The van der Waals surface area contributed by atoms with E-state index >= 15 is 0 Å². The minimum Gasteiger partial charge on any atom is -0.396 e. The van der Waals surface area contributed by atoms with E-state index in [0.29, 0.717) is 19.8 Å². The van der Waals surface area contributed by atoms with E-state index in [2.05, 4.69) is 36.5 Å². The molecule has 2 N–H and O–H groups in total. The summed E-state index contributed by atoms with van der Waals surface area (Å²) in [6.45, 7) is 6.09. The Kier molecular flexibility index (Phi) is 7.26. The lowest BCUT2D eigenvalue weighted by Crippen LogP contribution is -2.47. The van der Waals surface area contributed by atoms with Crippen molar-refractivity contribution in [2.45, 2.75) is 45.6 Å². The number of aliphatic hydroxyl groups excluding tert-OH is 1. The number of carbonyl (C=O) groups is 1. The molecular weight excluding hydrogens is 316 g/mol. The summed E-state index contributed by atoms with van der Waals surface area (Å²) in [5, 5.41) is 12.8. The Hall–Kier alpha value is -1.59. The van der Waals surface area contributed by atoms with Gasteiger partial charge < -0.3 is 20.1 Å². The maximum atomic E-state index is 12.5.